The molecule has 0 aliphatic carbocycles. The molecule has 1 heterocycles. The van der Waals surface area contributed by atoms with Crippen LogP contribution in [-0.4, -0.2) is 89.0 Å². The molecular formula is C52H96O10. The van der Waals surface area contributed by atoms with Gasteiger partial charge in [-0.1, -0.05) is 205 Å². The number of hydrogen-bond acceptors (Lipinski definition) is 10. The molecule has 0 amide bonds. The van der Waals surface area contributed by atoms with Gasteiger partial charge in [0.15, 0.2) is 12.4 Å². The van der Waals surface area contributed by atoms with E-state index in [1.54, 1.807) is 0 Å². The molecule has 4 N–H and O–H groups in total. The Morgan fingerprint density at radius 1 is 0.484 bits per heavy atom. The molecule has 1 aliphatic heterocycles. The number of rotatable bonds is 44. The maximum absolute atomic E-state index is 12.8. The third kappa shape index (κ3) is 33.7. The summed E-state index contributed by atoms with van der Waals surface area (Å²) >= 11 is 0. The van der Waals surface area contributed by atoms with Gasteiger partial charge in [-0.05, 0) is 44.9 Å². The second kappa shape index (κ2) is 43.1. The van der Waals surface area contributed by atoms with E-state index >= 15 is 0 Å². The molecular weight excluding hydrogens is 785 g/mol. The van der Waals surface area contributed by atoms with E-state index in [9.17, 15) is 30.0 Å². The van der Waals surface area contributed by atoms with Crippen molar-refractivity contribution < 1.29 is 49.0 Å². The van der Waals surface area contributed by atoms with Crippen LogP contribution >= 0.6 is 0 Å². The lowest BCUT2D eigenvalue weighted by atomic mass is 9.99. The van der Waals surface area contributed by atoms with E-state index < -0.39 is 49.4 Å². The molecule has 1 saturated heterocycles. The summed E-state index contributed by atoms with van der Waals surface area (Å²) in [5.74, 6) is -0.845. The molecule has 0 aromatic rings. The Morgan fingerprint density at radius 3 is 1.35 bits per heavy atom. The van der Waals surface area contributed by atoms with Crippen LogP contribution in [0.2, 0.25) is 0 Å². The summed E-state index contributed by atoms with van der Waals surface area (Å²) in [6, 6.07) is 0. The molecule has 1 aliphatic rings. The van der Waals surface area contributed by atoms with E-state index in [4.69, 9.17) is 18.9 Å². The highest BCUT2D eigenvalue weighted by Crippen LogP contribution is 2.23. The Kier molecular flexibility index (Phi) is 40.4. The fourth-order valence-corrected chi connectivity index (χ4v) is 7.98. The van der Waals surface area contributed by atoms with Gasteiger partial charge in [0.2, 0.25) is 0 Å². The second-order valence-electron chi connectivity index (χ2n) is 18.0. The molecule has 6 atom stereocenters. The second-order valence-corrected chi connectivity index (χ2v) is 18.0. The van der Waals surface area contributed by atoms with Crippen molar-refractivity contribution in [3.63, 3.8) is 0 Å². The number of aliphatic hydroxyl groups excluding tert-OH is 4. The molecule has 0 aromatic carbocycles. The van der Waals surface area contributed by atoms with Crippen molar-refractivity contribution in [2.75, 3.05) is 19.8 Å². The molecule has 0 bridgehead atoms. The van der Waals surface area contributed by atoms with E-state index in [1.165, 1.54) is 161 Å². The van der Waals surface area contributed by atoms with Crippen molar-refractivity contribution in [2.45, 2.75) is 275 Å². The van der Waals surface area contributed by atoms with Crippen molar-refractivity contribution in [3.8, 4) is 0 Å². The Labute approximate surface area is 379 Å². The molecule has 0 aromatic heterocycles. The van der Waals surface area contributed by atoms with Gasteiger partial charge in [0, 0.05) is 12.8 Å². The van der Waals surface area contributed by atoms with Gasteiger partial charge in [-0.3, -0.25) is 9.59 Å². The van der Waals surface area contributed by atoms with Crippen LogP contribution < -0.4 is 0 Å². The first-order valence-corrected chi connectivity index (χ1v) is 25.9. The number of unbranched alkanes of at least 4 members (excludes halogenated alkanes) is 29. The average molecular weight is 881 g/mol. The number of hydrogen-bond donors (Lipinski definition) is 4. The zero-order chi connectivity index (χ0) is 45.1. The summed E-state index contributed by atoms with van der Waals surface area (Å²) in [5.41, 5.74) is 0. The number of allylic oxidation sites excluding steroid dienone is 4. The minimum absolute atomic E-state index is 0.174. The molecule has 1 rings (SSSR count). The van der Waals surface area contributed by atoms with Crippen LogP contribution in [0.3, 0.4) is 0 Å². The maximum atomic E-state index is 12.8. The predicted molar refractivity (Wildman–Crippen MR) is 252 cm³/mol. The topological polar surface area (TPSA) is 152 Å². The number of carbonyl (C=O) groups excluding carboxylic acids is 2. The monoisotopic (exact) mass is 881 g/mol. The first-order valence-electron chi connectivity index (χ1n) is 25.9. The van der Waals surface area contributed by atoms with Gasteiger partial charge in [-0.25, -0.2) is 0 Å². The lowest BCUT2D eigenvalue weighted by Crippen LogP contribution is -2.59. The minimum Gasteiger partial charge on any atom is -0.462 e. The van der Waals surface area contributed by atoms with Crippen LogP contribution in [0.15, 0.2) is 24.3 Å². The summed E-state index contributed by atoms with van der Waals surface area (Å²) in [6.07, 6.45) is 42.0. The van der Waals surface area contributed by atoms with Crippen LogP contribution in [0.5, 0.6) is 0 Å². The van der Waals surface area contributed by atoms with Gasteiger partial charge in [0.1, 0.15) is 31.0 Å². The lowest BCUT2D eigenvalue weighted by Gasteiger charge is -2.39. The first-order chi connectivity index (χ1) is 30.3. The molecule has 10 nitrogen and oxygen atoms in total. The van der Waals surface area contributed by atoms with Crippen molar-refractivity contribution in [1.82, 2.24) is 0 Å². The zero-order valence-electron chi connectivity index (χ0n) is 39.9. The van der Waals surface area contributed by atoms with Crippen LogP contribution in [0.1, 0.15) is 239 Å². The first kappa shape index (κ1) is 58.2. The molecule has 62 heavy (non-hydrogen) atoms. The predicted octanol–water partition coefficient (Wildman–Crippen LogP) is 12.1. The number of aliphatic hydroxyl groups is 4. The Bertz CT molecular complexity index is 1060. The van der Waals surface area contributed by atoms with Gasteiger partial charge in [-0.15, -0.1) is 0 Å². The van der Waals surface area contributed by atoms with Crippen LogP contribution in [0, 0.1) is 0 Å². The number of esters is 2. The van der Waals surface area contributed by atoms with Crippen LogP contribution in [0.4, 0.5) is 0 Å². The van der Waals surface area contributed by atoms with E-state index in [0.29, 0.717) is 6.42 Å². The maximum Gasteiger partial charge on any atom is 0.306 e. The van der Waals surface area contributed by atoms with Crippen LogP contribution in [-0.2, 0) is 28.5 Å². The molecule has 364 valence electrons. The fraction of sp³-hybridized carbons (Fsp3) is 0.885. The highest BCUT2D eigenvalue weighted by Gasteiger charge is 2.44. The summed E-state index contributed by atoms with van der Waals surface area (Å²) in [6.45, 7) is 3.42. The Morgan fingerprint density at radius 2 is 0.887 bits per heavy atom. The zero-order valence-corrected chi connectivity index (χ0v) is 39.9. The summed E-state index contributed by atoms with van der Waals surface area (Å²) in [4.78, 5) is 25.4. The Hall–Kier alpha value is -1.82. The van der Waals surface area contributed by atoms with Crippen molar-refractivity contribution in [1.29, 1.82) is 0 Å². The van der Waals surface area contributed by atoms with Crippen molar-refractivity contribution >= 4 is 11.9 Å². The van der Waals surface area contributed by atoms with Crippen LogP contribution in [0.25, 0.3) is 0 Å². The minimum atomic E-state index is -1.60. The number of ether oxygens (including phenoxy) is 4. The van der Waals surface area contributed by atoms with E-state index in [0.717, 1.165) is 44.9 Å². The molecule has 0 radical (unpaired) electrons. The molecule has 10 heteroatoms. The quantitative estimate of drug-likeness (QED) is 0.0264. The van der Waals surface area contributed by atoms with Gasteiger partial charge >= 0.3 is 11.9 Å². The summed E-state index contributed by atoms with van der Waals surface area (Å²) in [7, 11) is 0. The smallest absolute Gasteiger partial charge is 0.306 e. The van der Waals surface area contributed by atoms with Crippen molar-refractivity contribution in [2.24, 2.45) is 0 Å². The van der Waals surface area contributed by atoms with E-state index in [1.807, 2.05) is 0 Å². The van der Waals surface area contributed by atoms with Gasteiger partial charge < -0.3 is 39.4 Å². The summed E-state index contributed by atoms with van der Waals surface area (Å²) < 4.78 is 22.2. The van der Waals surface area contributed by atoms with Crippen molar-refractivity contribution in [3.05, 3.63) is 24.3 Å². The van der Waals surface area contributed by atoms with Gasteiger partial charge in [0.25, 0.3) is 0 Å². The molecule has 0 spiro atoms. The average Bonchev–Trinajstić information content (AvgIpc) is 3.27. The largest absolute Gasteiger partial charge is 0.462 e. The fourth-order valence-electron chi connectivity index (χ4n) is 7.98. The molecule has 1 fully saturated rings. The SMILES string of the molecule is CCCCCCCCCCCCCCCC/C=C/CC/C=C/CCCC(=O)O[C@H](COC(=O)CCCCCCCCCCCCCCCC)CO[C@@H]1O[C@H](CO)[C@H](O)C(O)C1O. The highest BCUT2D eigenvalue weighted by atomic mass is 16.7. The molecule has 0 saturated carbocycles. The summed E-state index contributed by atoms with van der Waals surface area (Å²) in [5, 5.41) is 40.2. The Balaban J connectivity index is 2.27. The van der Waals surface area contributed by atoms with E-state index in [2.05, 4.69) is 38.2 Å². The number of carbonyl (C=O) groups is 2. The normalized spacial score (nSPS) is 19.7. The van der Waals surface area contributed by atoms with Gasteiger partial charge in [0.05, 0.1) is 13.2 Å². The lowest BCUT2D eigenvalue weighted by molar-refractivity contribution is -0.305. The third-order valence-corrected chi connectivity index (χ3v) is 12.1. The molecule has 2 unspecified atom stereocenters. The van der Waals surface area contributed by atoms with E-state index in [-0.39, 0.29) is 32.0 Å². The van der Waals surface area contributed by atoms with Gasteiger partial charge in [-0.2, -0.15) is 0 Å². The third-order valence-electron chi connectivity index (χ3n) is 12.1. The highest BCUT2D eigenvalue weighted by molar-refractivity contribution is 5.70. The standard InChI is InChI=1S/C52H96O10/c1-3-5-7-9-11-13-15-17-19-20-21-22-23-24-25-26-27-29-31-33-35-37-39-41-48(55)61-45(44-60-52-51(58)50(57)49(56)46(42-53)62-52)43-59-47(54)40-38-36-34-32-30-28-18-16-14-12-10-8-6-4-2/h26-27,33,35,45-46,49-53,56-58H,3-25,28-32,34,36-44H2,1-2H3/b27-26+,35-33+/t45-,46-,49+,50?,51?,52-/m1/s1.